The fourth-order valence-electron chi connectivity index (χ4n) is 2.50. The first-order chi connectivity index (χ1) is 10.3. The summed E-state index contributed by atoms with van der Waals surface area (Å²) in [7, 11) is 0. The van der Waals surface area contributed by atoms with Gasteiger partial charge in [-0.25, -0.2) is 4.79 Å². The maximum atomic E-state index is 12.2. The van der Waals surface area contributed by atoms with Crippen LogP contribution in [0.4, 0.5) is 0 Å². The molecular formula is C18H16O3. The van der Waals surface area contributed by atoms with Gasteiger partial charge in [-0.1, -0.05) is 48.5 Å². The van der Waals surface area contributed by atoms with E-state index < -0.39 is 0 Å². The molecule has 3 rings (SSSR count). The van der Waals surface area contributed by atoms with Crippen molar-refractivity contribution >= 4 is 11.5 Å². The second-order valence-electron chi connectivity index (χ2n) is 4.72. The number of benzene rings is 2. The van der Waals surface area contributed by atoms with Crippen LogP contribution in [-0.4, -0.2) is 19.2 Å². The van der Waals surface area contributed by atoms with Gasteiger partial charge in [0.25, 0.3) is 0 Å². The predicted molar refractivity (Wildman–Crippen MR) is 81.0 cm³/mol. The molecule has 0 saturated heterocycles. The summed E-state index contributed by atoms with van der Waals surface area (Å²) < 4.78 is 10.9. The molecule has 1 aliphatic rings. The van der Waals surface area contributed by atoms with Crippen molar-refractivity contribution in [1.82, 2.24) is 0 Å². The molecule has 0 radical (unpaired) electrons. The van der Waals surface area contributed by atoms with Crippen LogP contribution in [0.15, 0.2) is 60.2 Å². The third-order valence-electron chi connectivity index (χ3n) is 3.41. The van der Waals surface area contributed by atoms with Gasteiger partial charge in [0.05, 0.1) is 12.2 Å². The zero-order valence-electron chi connectivity index (χ0n) is 11.8. The minimum Gasteiger partial charge on any atom is -0.488 e. The van der Waals surface area contributed by atoms with Gasteiger partial charge in [0.2, 0.25) is 0 Å². The largest absolute Gasteiger partial charge is 0.488 e. The van der Waals surface area contributed by atoms with Gasteiger partial charge in [-0.15, -0.1) is 0 Å². The van der Waals surface area contributed by atoms with Gasteiger partial charge < -0.3 is 9.47 Å². The lowest BCUT2D eigenvalue weighted by atomic mass is 9.91. The van der Waals surface area contributed by atoms with Crippen molar-refractivity contribution < 1.29 is 14.3 Å². The monoisotopic (exact) mass is 280 g/mol. The zero-order chi connectivity index (χ0) is 14.7. The van der Waals surface area contributed by atoms with Crippen LogP contribution in [0, 0.1) is 0 Å². The van der Waals surface area contributed by atoms with Crippen LogP contribution in [0.5, 0.6) is 5.75 Å². The molecule has 3 heteroatoms. The van der Waals surface area contributed by atoms with Crippen LogP contribution in [0.2, 0.25) is 0 Å². The van der Waals surface area contributed by atoms with E-state index in [1.54, 1.807) is 6.92 Å². The molecule has 0 spiro atoms. The summed E-state index contributed by atoms with van der Waals surface area (Å²) in [6.45, 7) is 2.39. The Hall–Kier alpha value is -2.55. The first kappa shape index (κ1) is 13.4. The zero-order valence-corrected chi connectivity index (χ0v) is 11.8. The van der Waals surface area contributed by atoms with E-state index in [1.165, 1.54) is 0 Å². The fraction of sp³-hybridized carbons (Fsp3) is 0.167. The van der Waals surface area contributed by atoms with Gasteiger partial charge in [-0.2, -0.15) is 0 Å². The van der Waals surface area contributed by atoms with Crippen LogP contribution in [0.1, 0.15) is 18.1 Å². The van der Waals surface area contributed by atoms with Crippen LogP contribution in [0.25, 0.3) is 5.57 Å². The lowest BCUT2D eigenvalue weighted by molar-refractivity contribution is -0.138. The summed E-state index contributed by atoms with van der Waals surface area (Å²) in [4.78, 5) is 12.2. The molecule has 21 heavy (non-hydrogen) atoms. The Balaban J connectivity index is 2.19. The molecule has 0 N–H and O–H groups in total. The van der Waals surface area contributed by atoms with Gasteiger partial charge in [-0.3, -0.25) is 0 Å². The standard InChI is InChI=1S/C18H16O3/c1-2-20-18(19)15-12-21-16-11-7-6-10-14(16)17(15)13-8-4-3-5-9-13/h3-11H,2,12H2,1H3. The Kier molecular flexibility index (Phi) is 3.73. The average Bonchev–Trinajstić information content (AvgIpc) is 2.55. The van der Waals surface area contributed by atoms with Gasteiger partial charge in [0.1, 0.15) is 12.4 Å². The van der Waals surface area contributed by atoms with Crippen molar-refractivity contribution in [3.63, 3.8) is 0 Å². The summed E-state index contributed by atoms with van der Waals surface area (Å²) in [5.74, 6) is 0.482. The molecule has 1 aliphatic heterocycles. The van der Waals surface area contributed by atoms with Gasteiger partial charge in [0.15, 0.2) is 0 Å². The number of rotatable bonds is 3. The van der Waals surface area contributed by atoms with E-state index in [2.05, 4.69) is 0 Å². The fourth-order valence-corrected chi connectivity index (χ4v) is 2.50. The highest BCUT2D eigenvalue weighted by molar-refractivity contribution is 6.03. The van der Waals surface area contributed by atoms with Crippen molar-refractivity contribution in [2.45, 2.75) is 6.92 Å². The Morgan fingerprint density at radius 2 is 1.81 bits per heavy atom. The van der Waals surface area contributed by atoms with Crippen molar-refractivity contribution in [1.29, 1.82) is 0 Å². The highest BCUT2D eigenvalue weighted by atomic mass is 16.5. The topological polar surface area (TPSA) is 35.5 Å². The smallest absolute Gasteiger partial charge is 0.338 e. The maximum absolute atomic E-state index is 12.2. The molecule has 3 nitrogen and oxygen atoms in total. The SMILES string of the molecule is CCOC(=O)C1=C(c2ccccc2)c2ccccc2OC1. The predicted octanol–water partition coefficient (Wildman–Crippen LogP) is 3.44. The summed E-state index contributed by atoms with van der Waals surface area (Å²) in [6, 6.07) is 17.6. The van der Waals surface area contributed by atoms with Gasteiger partial charge in [0, 0.05) is 11.1 Å². The molecule has 0 saturated carbocycles. The number of carbonyl (C=O) groups excluding carboxylic acids is 1. The third-order valence-corrected chi connectivity index (χ3v) is 3.41. The minimum absolute atomic E-state index is 0.236. The molecule has 0 unspecified atom stereocenters. The highest BCUT2D eigenvalue weighted by Gasteiger charge is 2.26. The Bertz CT molecular complexity index is 687. The van der Waals surface area contributed by atoms with Crippen molar-refractivity contribution in [3.8, 4) is 5.75 Å². The molecule has 0 bridgehead atoms. The summed E-state index contributed by atoms with van der Waals surface area (Å²) in [5.41, 5.74) is 3.40. The van der Waals surface area contributed by atoms with Crippen molar-refractivity contribution in [3.05, 3.63) is 71.3 Å². The third kappa shape index (κ3) is 2.55. The molecule has 0 fully saturated rings. The maximum Gasteiger partial charge on any atom is 0.338 e. The summed E-state index contributed by atoms with van der Waals surface area (Å²) >= 11 is 0. The normalized spacial score (nSPS) is 13.4. The molecular weight excluding hydrogens is 264 g/mol. The lowest BCUT2D eigenvalue weighted by Crippen LogP contribution is -2.20. The second kappa shape index (κ2) is 5.83. The number of hydrogen-bond donors (Lipinski definition) is 0. The highest BCUT2D eigenvalue weighted by Crippen LogP contribution is 2.37. The number of hydrogen-bond acceptors (Lipinski definition) is 3. The Morgan fingerprint density at radius 1 is 1.10 bits per heavy atom. The molecule has 0 aromatic heterocycles. The number of para-hydroxylation sites is 1. The van der Waals surface area contributed by atoms with Crippen LogP contribution in [-0.2, 0) is 9.53 Å². The lowest BCUT2D eigenvalue weighted by Gasteiger charge is -2.23. The number of carbonyl (C=O) groups is 1. The van der Waals surface area contributed by atoms with E-state index in [-0.39, 0.29) is 12.6 Å². The van der Waals surface area contributed by atoms with Gasteiger partial charge >= 0.3 is 5.97 Å². The van der Waals surface area contributed by atoms with E-state index >= 15 is 0 Å². The molecule has 0 atom stereocenters. The Morgan fingerprint density at radius 3 is 2.57 bits per heavy atom. The molecule has 1 heterocycles. The molecule has 2 aromatic rings. The first-order valence-electron chi connectivity index (χ1n) is 6.99. The number of esters is 1. The van der Waals surface area contributed by atoms with E-state index in [0.29, 0.717) is 12.2 Å². The average molecular weight is 280 g/mol. The number of ether oxygens (including phenoxy) is 2. The van der Waals surface area contributed by atoms with Crippen LogP contribution >= 0.6 is 0 Å². The van der Waals surface area contributed by atoms with Crippen molar-refractivity contribution in [2.75, 3.05) is 13.2 Å². The summed E-state index contributed by atoms with van der Waals surface area (Å²) in [6.07, 6.45) is 0. The van der Waals surface area contributed by atoms with E-state index in [4.69, 9.17) is 9.47 Å². The van der Waals surface area contributed by atoms with Crippen LogP contribution in [0.3, 0.4) is 0 Å². The molecule has 0 amide bonds. The quantitative estimate of drug-likeness (QED) is 0.808. The minimum atomic E-state index is -0.314. The summed E-state index contributed by atoms with van der Waals surface area (Å²) in [5, 5.41) is 0. The molecule has 0 aliphatic carbocycles. The molecule has 2 aromatic carbocycles. The van der Waals surface area contributed by atoms with E-state index in [9.17, 15) is 4.79 Å². The molecule has 106 valence electrons. The first-order valence-corrected chi connectivity index (χ1v) is 6.99. The van der Waals surface area contributed by atoms with Crippen LogP contribution < -0.4 is 4.74 Å². The van der Waals surface area contributed by atoms with Crippen molar-refractivity contribution in [2.24, 2.45) is 0 Å². The number of fused-ring (bicyclic) bond motifs is 1. The van der Waals surface area contributed by atoms with E-state index in [0.717, 1.165) is 22.4 Å². The second-order valence-corrected chi connectivity index (χ2v) is 4.72. The van der Waals surface area contributed by atoms with Gasteiger partial charge in [-0.05, 0) is 18.6 Å². The Labute approximate surface area is 123 Å². The van der Waals surface area contributed by atoms with E-state index in [1.807, 2.05) is 54.6 Å².